The first-order valence-corrected chi connectivity index (χ1v) is 8.93. The van der Waals surface area contributed by atoms with Crippen molar-refractivity contribution in [2.75, 3.05) is 13.1 Å². The monoisotopic (exact) mass is 282 g/mol. The lowest BCUT2D eigenvalue weighted by Gasteiger charge is -2.50. The molecule has 0 heterocycles. The maximum absolute atomic E-state index is 6.26. The van der Waals surface area contributed by atoms with Crippen LogP contribution in [-0.4, -0.2) is 29.6 Å². The van der Waals surface area contributed by atoms with Crippen LogP contribution < -0.4 is 5.73 Å². The Bertz CT molecular complexity index is 252. The molecule has 1 saturated carbocycles. The van der Waals surface area contributed by atoms with Crippen molar-refractivity contribution < 1.29 is 0 Å². The summed E-state index contributed by atoms with van der Waals surface area (Å²) in [7, 11) is 0. The van der Waals surface area contributed by atoms with Crippen molar-refractivity contribution in [1.29, 1.82) is 0 Å². The molecule has 2 N–H and O–H groups in total. The van der Waals surface area contributed by atoms with E-state index in [0.29, 0.717) is 6.04 Å². The zero-order valence-electron chi connectivity index (χ0n) is 14.6. The minimum Gasteiger partial charge on any atom is -0.329 e. The second kappa shape index (κ2) is 8.38. The van der Waals surface area contributed by atoms with Gasteiger partial charge in [0.25, 0.3) is 0 Å². The van der Waals surface area contributed by atoms with Crippen LogP contribution in [0.1, 0.15) is 79.6 Å². The lowest BCUT2D eigenvalue weighted by molar-refractivity contribution is 0.0107. The van der Waals surface area contributed by atoms with Gasteiger partial charge >= 0.3 is 0 Å². The van der Waals surface area contributed by atoms with E-state index in [4.69, 9.17) is 5.73 Å². The van der Waals surface area contributed by atoms with Crippen LogP contribution in [0.15, 0.2) is 0 Å². The van der Waals surface area contributed by atoms with Gasteiger partial charge in [-0.2, -0.15) is 0 Å². The summed E-state index contributed by atoms with van der Waals surface area (Å²) < 4.78 is 0. The molecule has 120 valence electrons. The van der Waals surface area contributed by atoms with Crippen molar-refractivity contribution in [1.82, 2.24) is 4.90 Å². The average Bonchev–Trinajstić information content (AvgIpc) is 2.43. The normalized spacial score (nSPS) is 27.8. The zero-order chi connectivity index (χ0) is 15.2. The Labute approximate surface area is 127 Å². The highest BCUT2D eigenvalue weighted by Crippen LogP contribution is 2.39. The van der Waals surface area contributed by atoms with Gasteiger partial charge in [0.05, 0.1) is 0 Å². The number of nitrogens with two attached hydrogens (primary N) is 1. The highest BCUT2D eigenvalue weighted by atomic mass is 15.2. The van der Waals surface area contributed by atoms with Gasteiger partial charge in [-0.1, -0.05) is 33.6 Å². The summed E-state index contributed by atoms with van der Waals surface area (Å²) in [6, 6.07) is 0.617. The number of unbranched alkanes of at least 4 members (excludes halogenated alkanes) is 2. The molecule has 0 unspecified atom stereocenters. The molecule has 1 aliphatic rings. The molecular weight excluding hydrogens is 244 g/mol. The SMILES string of the molecule is CCCCCN(C(C)C)C1(CN)CCC(C(C)C)CC1. The standard InChI is InChI=1S/C18H38N2/c1-6-7-8-13-20(16(4)5)18(14-19)11-9-17(10-12-18)15(2)3/h15-17H,6-14,19H2,1-5H3. The molecule has 0 bridgehead atoms. The van der Waals surface area contributed by atoms with Gasteiger partial charge in [-0.3, -0.25) is 4.90 Å². The summed E-state index contributed by atoms with van der Waals surface area (Å²) in [5, 5.41) is 0. The highest BCUT2D eigenvalue weighted by molar-refractivity contribution is 4.97. The first-order chi connectivity index (χ1) is 9.46. The molecular formula is C18H38N2. The smallest absolute Gasteiger partial charge is 0.0334 e. The Kier molecular flexibility index (Phi) is 7.53. The molecule has 0 atom stereocenters. The second-order valence-corrected chi connectivity index (χ2v) is 7.50. The molecule has 20 heavy (non-hydrogen) atoms. The van der Waals surface area contributed by atoms with Gasteiger partial charge in [0.2, 0.25) is 0 Å². The molecule has 0 radical (unpaired) electrons. The Balaban J connectivity index is 2.69. The van der Waals surface area contributed by atoms with Crippen molar-refractivity contribution in [3.05, 3.63) is 0 Å². The summed E-state index contributed by atoms with van der Waals surface area (Å²) in [5.74, 6) is 1.75. The minimum absolute atomic E-state index is 0.285. The quantitative estimate of drug-likeness (QED) is 0.667. The maximum Gasteiger partial charge on any atom is 0.0334 e. The Morgan fingerprint density at radius 3 is 2.10 bits per heavy atom. The fourth-order valence-corrected chi connectivity index (χ4v) is 4.03. The van der Waals surface area contributed by atoms with Crippen LogP contribution in [0.5, 0.6) is 0 Å². The lowest BCUT2D eigenvalue weighted by atomic mass is 9.71. The summed E-state index contributed by atoms with van der Waals surface area (Å²) in [5.41, 5.74) is 6.55. The predicted molar refractivity (Wildman–Crippen MR) is 89.9 cm³/mol. The van der Waals surface area contributed by atoms with Gasteiger partial charge < -0.3 is 5.73 Å². The number of nitrogens with zero attached hydrogens (tertiary/aromatic N) is 1. The van der Waals surface area contributed by atoms with Gasteiger partial charge in [-0.05, 0) is 64.3 Å². The third kappa shape index (κ3) is 4.46. The highest BCUT2D eigenvalue weighted by Gasteiger charge is 2.40. The van der Waals surface area contributed by atoms with Gasteiger partial charge in [-0.15, -0.1) is 0 Å². The van der Waals surface area contributed by atoms with E-state index in [0.717, 1.165) is 18.4 Å². The fraction of sp³-hybridized carbons (Fsp3) is 1.00. The van der Waals surface area contributed by atoms with E-state index < -0.39 is 0 Å². The Hall–Kier alpha value is -0.0800. The van der Waals surface area contributed by atoms with E-state index in [1.807, 2.05) is 0 Å². The van der Waals surface area contributed by atoms with Crippen LogP contribution in [-0.2, 0) is 0 Å². The lowest BCUT2D eigenvalue weighted by Crippen LogP contribution is -2.58. The maximum atomic E-state index is 6.26. The van der Waals surface area contributed by atoms with E-state index in [9.17, 15) is 0 Å². The van der Waals surface area contributed by atoms with Crippen LogP contribution in [0.4, 0.5) is 0 Å². The van der Waals surface area contributed by atoms with Crippen molar-refractivity contribution in [2.45, 2.75) is 91.1 Å². The van der Waals surface area contributed by atoms with E-state index >= 15 is 0 Å². The molecule has 0 aliphatic heterocycles. The molecule has 1 rings (SSSR count). The number of hydrogen-bond acceptors (Lipinski definition) is 2. The Morgan fingerprint density at radius 2 is 1.70 bits per heavy atom. The van der Waals surface area contributed by atoms with Gasteiger partial charge in [0.1, 0.15) is 0 Å². The van der Waals surface area contributed by atoms with E-state index in [1.54, 1.807) is 0 Å². The molecule has 0 amide bonds. The molecule has 0 saturated heterocycles. The summed E-state index contributed by atoms with van der Waals surface area (Å²) in [6.45, 7) is 13.8. The second-order valence-electron chi connectivity index (χ2n) is 7.50. The van der Waals surface area contributed by atoms with Crippen LogP contribution in [0.25, 0.3) is 0 Å². The van der Waals surface area contributed by atoms with Crippen LogP contribution in [0, 0.1) is 11.8 Å². The van der Waals surface area contributed by atoms with Crippen molar-refractivity contribution in [3.8, 4) is 0 Å². The molecule has 0 aromatic heterocycles. The molecule has 0 aromatic rings. The van der Waals surface area contributed by atoms with Crippen molar-refractivity contribution in [3.63, 3.8) is 0 Å². The molecule has 1 fully saturated rings. The third-order valence-corrected chi connectivity index (χ3v) is 5.52. The van der Waals surface area contributed by atoms with Gasteiger partial charge in [-0.25, -0.2) is 0 Å². The molecule has 2 nitrogen and oxygen atoms in total. The summed E-state index contributed by atoms with van der Waals surface area (Å²) in [6.07, 6.45) is 9.31. The average molecular weight is 283 g/mol. The van der Waals surface area contributed by atoms with E-state index in [2.05, 4.69) is 39.5 Å². The summed E-state index contributed by atoms with van der Waals surface area (Å²) >= 11 is 0. The topological polar surface area (TPSA) is 29.3 Å². The Morgan fingerprint density at radius 1 is 1.10 bits per heavy atom. The molecule has 1 aliphatic carbocycles. The number of rotatable bonds is 8. The first-order valence-electron chi connectivity index (χ1n) is 8.93. The molecule has 0 spiro atoms. The molecule has 0 aromatic carbocycles. The van der Waals surface area contributed by atoms with Crippen LogP contribution in [0.2, 0.25) is 0 Å². The van der Waals surface area contributed by atoms with Gasteiger partial charge in [0, 0.05) is 18.1 Å². The fourth-order valence-electron chi connectivity index (χ4n) is 4.03. The summed E-state index contributed by atoms with van der Waals surface area (Å²) in [4.78, 5) is 2.74. The molecule has 2 heteroatoms. The predicted octanol–water partition coefficient (Wildman–Crippen LogP) is 4.43. The van der Waals surface area contributed by atoms with E-state index in [-0.39, 0.29) is 5.54 Å². The van der Waals surface area contributed by atoms with Crippen LogP contribution in [0.3, 0.4) is 0 Å². The first kappa shape index (κ1) is 18.0. The van der Waals surface area contributed by atoms with Crippen LogP contribution >= 0.6 is 0 Å². The minimum atomic E-state index is 0.285. The van der Waals surface area contributed by atoms with E-state index in [1.165, 1.54) is 51.5 Å². The zero-order valence-corrected chi connectivity index (χ0v) is 14.6. The van der Waals surface area contributed by atoms with Crippen molar-refractivity contribution in [2.24, 2.45) is 17.6 Å². The van der Waals surface area contributed by atoms with Crippen molar-refractivity contribution >= 4 is 0 Å². The van der Waals surface area contributed by atoms with Gasteiger partial charge in [0.15, 0.2) is 0 Å². The number of hydrogen-bond donors (Lipinski definition) is 1. The largest absolute Gasteiger partial charge is 0.329 e. The third-order valence-electron chi connectivity index (χ3n) is 5.52.